The summed E-state index contributed by atoms with van der Waals surface area (Å²) in [5.41, 5.74) is 0. The molecule has 0 aromatic heterocycles. The minimum Gasteiger partial charge on any atom is -0.496 e. The minimum atomic E-state index is -0.109. The molecule has 3 heteroatoms. The first kappa shape index (κ1) is 11.4. The molecule has 0 amide bonds. The average Bonchev–Trinajstić information content (AvgIpc) is 2.92. The zero-order chi connectivity index (χ0) is 12.4. The first-order valence-electron chi connectivity index (χ1n) is 6.22. The van der Waals surface area contributed by atoms with Crippen molar-refractivity contribution < 1.29 is 14.2 Å². The molecule has 0 aliphatic carbocycles. The summed E-state index contributed by atoms with van der Waals surface area (Å²) in [4.78, 5) is 0. The molecule has 1 saturated heterocycles. The summed E-state index contributed by atoms with van der Waals surface area (Å²) in [6.45, 7) is 0.790. The van der Waals surface area contributed by atoms with Crippen LogP contribution in [0.15, 0.2) is 36.4 Å². The quantitative estimate of drug-likeness (QED) is 0.828. The molecule has 1 atom stereocenters. The SMILES string of the molecule is COc1ccc(OC2CCCO2)c2ccccc12. The Morgan fingerprint density at radius 1 is 1.06 bits per heavy atom. The van der Waals surface area contributed by atoms with Crippen molar-refractivity contribution in [2.75, 3.05) is 13.7 Å². The number of rotatable bonds is 3. The Labute approximate surface area is 106 Å². The van der Waals surface area contributed by atoms with Crippen LogP contribution in [0.25, 0.3) is 10.8 Å². The molecule has 1 heterocycles. The van der Waals surface area contributed by atoms with Gasteiger partial charge in [0.05, 0.1) is 13.7 Å². The molecule has 18 heavy (non-hydrogen) atoms. The largest absolute Gasteiger partial charge is 0.496 e. The molecular weight excluding hydrogens is 228 g/mol. The fourth-order valence-electron chi connectivity index (χ4n) is 2.31. The predicted molar refractivity (Wildman–Crippen MR) is 70.1 cm³/mol. The van der Waals surface area contributed by atoms with E-state index in [2.05, 4.69) is 0 Å². The number of methoxy groups -OCH3 is 1. The van der Waals surface area contributed by atoms with Crippen LogP contribution in [0.5, 0.6) is 11.5 Å². The lowest BCUT2D eigenvalue weighted by atomic mass is 10.1. The zero-order valence-corrected chi connectivity index (χ0v) is 10.4. The zero-order valence-electron chi connectivity index (χ0n) is 10.4. The van der Waals surface area contributed by atoms with Crippen LogP contribution in [-0.4, -0.2) is 20.0 Å². The van der Waals surface area contributed by atoms with Crippen molar-refractivity contribution in [2.24, 2.45) is 0 Å². The van der Waals surface area contributed by atoms with Crippen LogP contribution in [0, 0.1) is 0 Å². The molecule has 0 bridgehead atoms. The van der Waals surface area contributed by atoms with E-state index in [1.165, 1.54) is 0 Å². The maximum Gasteiger partial charge on any atom is 0.199 e. The third-order valence-electron chi connectivity index (χ3n) is 3.21. The summed E-state index contributed by atoms with van der Waals surface area (Å²) < 4.78 is 16.8. The molecule has 94 valence electrons. The fourth-order valence-corrected chi connectivity index (χ4v) is 2.31. The molecule has 0 N–H and O–H groups in total. The Morgan fingerprint density at radius 2 is 1.78 bits per heavy atom. The second-order valence-corrected chi connectivity index (χ2v) is 4.37. The van der Waals surface area contributed by atoms with E-state index in [4.69, 9.17) is 14.2 Å². The Kier molecular flexibility index (Phi) is 3.07. The van der Waals surface area contributed by atoms with Gasteiger partial charge in [0.15, 0.2) is 6.29 Å². The monoisotopic (exact) mass is 244 g/mol. The molecule has 1 fully saturated rings. The molecule has 3 nitrogen and oxygen atoms in total. The van der Waals surface area contributed by atoms with Gasteiger partial charge in [-0.25, -0.2) is 0 Å². The third kappa shape index (κ3) is 2.02. The van der Waals surface area contributed by atoms with Gasteiger partial charge in [-0.05, 0) is 18.6 Å². The second-order valence-electron chi connectivity index (χ2n) is 4.37. The highest BCUT2D eigenvalue weighted by Gasteiger charge is 2.18. The van der Waals surface area contributed by atoms with Crippen LogP contribution in [-0.2, 0) is 4.74 Å². The van der Waals surface area contributed by atoms with Gasteiger partial charge in [-0.15, -0.1) is 0 Å². The van der Waals surface area contributed by atoms with Crippen LogP contribution in [0.1, 0.15) is 12.8 Å². The van der Waals surface area contributed by atoms with Crippen molar-refractivity contribution in [3.63, 3.8) is 0 Å². The summed E-state index contributed by atoms with van der Waals surface area (Å²) in [5.74, 6) is 1.73. The van der Waals surface area contributed by atoms with E-state index in [0.29, 0.717) is 0 Å². The van der Waals surface area contributed by atoms with Gasteiger partial charge in [-0.3, -0.25) is 0 Å². The number of hydrogen-bond donors (Lipinski definition) is 0. The first-order chi connectivity index (χ1) is 8.88. The second kappa shape index (κ2) is 4.86. The molecule has 2 aromatic carbocycles. The maximum absolute atomic E-state index is 5.91. The lowest BCUT2D eigenvalue weighted by Crippen LogP contribution is -2.14. The van der Waals surface area contributed by atoms with E-state index < -0.39 is 0 Å². The number of hydrogen-bond acceptors (Lipinski definition) is 3. The van der Waals surface area contributed by atoms with Gasteiger partial charge in [0.25, 0.3) is 0 Å². The van der Waals surface area contributed by atoms with Gasteiger partial charge in [-0.2, -0.15) is 0 Å². The van der Waals surface area contributed by atoms with Gasteiger partial charge in [0.1, 0.15) is 11.5 Å². The number of ether oxygens (including phenoxy) is 3. The summed E-state index contributed by atoms with van der Waals surface area (Å²) in [5, 5.41) is 2.13. The molecule has 0 saturated carbocycles. The molecule has 3 rings (SSSR count). The average molecular weight is 244 g/mol. The highest BCUT2D eigenvalue weighted by atomic mass is 16.7. The van der Waals surface area contributed by atoms with Gasteiger partial charge < -0.3 is 14.2 Å². The minimum absolute atomic E-state index is 0.109. The van der Waals surface area contributed by atoms with Crippen molar-refractivity contribution >= 4 is 10.8 Å². The van der Waals surface area contributed by atoms with Gasteiger partial charge in [-0.1, -0.05) is 24.3 Å². The van der Waals surface area contributed by atoms with Crippen LogP contribution < -0.4 is 9.47 Å². The molecular formula is C15H16O3. The van der Waals surface area contributed by atoms with Crippen LogP contribution in [0.2, 0.25) is 0 Å². The fraction of sp³-hybridized carbons (Fsp3) is 0.333. The molecule has 1 aliphatic heterocycles. The van der Waals surface area contributed by atoms with Crippen molar-refractivity contribution in [1.82, 2.24) is 0 Å². The summed E-state index contributed by atoms with van der Waals surface area (Å²) >= 11 is 0. The van der Waals surface area contributed by atoms with Crippen molar-refractivity contribution in [3.8, 4) is 11.5 Å². The van der Waals surface area contributed by atoms with Crippen molar-refractivity contribution in [1.29, 1.82) is 0 Å². The lowest BCUT2D eigenvalue weighted by molar-refractivity contribution is -0.0381. The molecule has 2 aromatic rings. The highest BCUT2D eigenvalue weighted by Crippen LogP contribution is 2.34. The van der Waals surface area contributed by atoms with Crippen LogP contribution in [0.4, 0.5) is 0 Å². The predicted octanol–water partition coefficient (Wildman–Crippen LogP) is 3.36. The Bertz CT molecular complexity index is 544. The number of fused-ring (bicyclic) bond motifs is 1. The first-order valence-corrected chi connectivity index (χ1v) is 6.22. The molecule has 1 unspecified atom stereocenters. The Balaban J connectivity index is 2.01. The van der Waals surface area contributed by atoms with E-state index in [1.54, 1.807) is 7.11 Å². The van der Waals surface area contributed by atoms with E-state index in [-0.39, 0.29) is 6.29 Å². The van der Waals surface area contributed by atoms with Gasteiger partial charge in [0, 0.05) is 17.2 Å². The van der Waals surface area contributed by atoms with Crippen LogP contribution in [0.3, 0.4) is 0 Å². The summed E-state index contributed by atoms with van der Waals surface area (Å²) in [6, 6.07) is 12.0. The van der Waals surface area contributed by atoms with E-state index in [1.807, 2.05) is 36.4 Å². The van der Waals surface area contributed by atoms with E-state index >= 15 is 0 Å². The molecule has 0 spiro atoms. The third-order valence-corrected chi connectivity index (χ3v) is 3.21. The maximum atomic E-state index is 5.91. The smallest absolute Gasteiger partial charge is 0.199 e. The van der Waals surface area contributed by atoms with Crippen molar-refractivity contribution in [3.05, 3.63) is 36.4 Å². The van der Waals surface area contributed by atoms with E-state index in [0.717, 1.165) is 41.7 Å². The standard InChI is InChI=1S/C15H16O3/c1-16-13-8-9-14(18-15-7-4-10-17-15)12-6-3-2-5-11(12)13/h2-3,5-6,8-9,15H,4,7,10H2,1H3. The van der Waals surface area contributed by atoms with Gasteiger partial charge in [0.2, 0.25) is 0 Å². The molecule has 0 radical (unpaired) electrons. The van der Waals surface area contributed by atoms with Crippen molar-refractivity contribution in [2.45, 2.75) is 19.1 Å². The number of benzene rings is 2. The Morgan fingerprint density at radius 3 is 2.44 bits per heavy atom. The van der Waals surface area contributed by atoms with Crippen LogP contribution >= 0.6 is 0 Å². The Hall–Kier alpha value is -1.74. The summed E-state index contributed by atoms with van der Waals surface area (Å²) in [7, 11) is 1.68. The normalized spacial score (nSPS) is 19.1. The topological polar surface area (TPSA) is 27.7 Å². The molecule has 1 aliphatic rings. The van der Waals surface area contributed by atoms with E-state index in [9.17, 15) is 0 Å². The highest BCUT2D eigenvalue weighted by molar-refractivity contribution is 5.93. The van der Waals surface area contributed by atoms with Gasteiger partial charge >= 0.3 is 0 Å². The lowest BCUT2D eigenvalue weighted by Gasteiger charge is -2.15. The summed E-state index contributed by atoms with van der Waals surface area (Å²) in [6.07, 6.45) is 1.92.